The van der Waals surface area contributed by atoms with E-state index in [0.717, 1.165) is 0 Å². The average Bonchev–Trinajstić information content (AvgIpc) is 2.31. The predicted molar refractivity (Wildman–Crippen MR) is 69.2 cm³/mol. The second-order valence-corrected chi connectivity index (χ2v) is 4.50. The van der Waals surface area contributed by atoms with E-state index >= 15 is 0 Å². The molecule has 0 aliphatic heterocycles. The van der Waals surface area contributed by atoms with Crippen LogP contribution >= 0.6 is 0 Å². The molecule has 1 unspecified atom stereocenters. The van der Waals surface area contributed by atoms with Gasteiger partial charge in [0, 0.05) is 24.3 Å². The second kappa shape index (κ2) is 5.63. The van der Waals surface area contributed by atoms with Crippen molar-refractivity contribution in [2.24, 2.45) is 0 Å². The number of nitrogens with zero attached hydrogens (tertiary/aromatic N) is 2. The Labute approximate surface area is 107 Å². The number of ketones is 1. The number of Topliss-reactive ketones (excluding diaryl/α,β-unsaturated/α-hetero) is 1. The Bertz CT molecular complexity index is 505. The normalized spacial score (nSPS) is 11.8. The smallest absolute Gasteiger partial charge is 0.161 e. The van der Waals surface area contributed by atoms with Crippen LogP contribution in [-0.4, -0.2) is 18.9 Å². The van der Waals surface area contributed by atoms with Gasteiger partial charge >= 0.3 is 0 Å². The summed E-state index contributed by atoms with van der Waals surface area (Å²) >= 11 is 0. The number of anilines is 1. The maximum atomic E-state index is 13.5. The van der Waals surface area contributed by atoms with Gasteiger partial charge in [-0.3, -0.25) is 4.79 Å². The maximum Gasteiger partial charge on any atom is 0.161 e. The molecule has 0 saturated carbocycles. The van der Waals surface area contributed by atoms with Gasteiger partial charge in [-0.15, -0.1) is 0 Å². The highest BCUT2D eigenvalue weighted by Crippen LogP contribution is 2.26. The molecule has 1 aromatic rings. The monoisotopic (exact) mass is 248 g/mol. The van der Waals surface area contributed by atoms with Gasteiger partial charge in [0.05, 0.1) is 12.5 Å². The van der Waals surface area contributed by atoms with Gasteiger partial charge in [0.2, 0.25) is 0 Å². The Morgan fingerprint density at radius 2 is 2.17 bits per heavy atom. The molecule has 1 rings (SSSR count). The van der Waals surface area contributed by atoms with Crippen molar-refractivity contribution < 1.29 is 9.18 Å². The first-order chi connectivity index (χ1) is 8.38. The van der Waals surface area contributed by atoms with E-state index < -0.39 is 0 Å². The van der Waals surface area contributed by atoms with Crippen molar-refractivity contribution in [2.45, 2.75) is 33.2 Å². The maximum absolute atomic E-state index is 13.5. The second-order valence-electron chi connectivity index (χ2n) is 4.50. The van der Waals surface area contributed by atoms with Crippen molar-refractivity contribution in [1.82, 2.24) is 0 Å². The van der Waals surface area contributed by atoms with Gasteiger partial charge in [-0.2, -0.15) is 5.26 Å². The fraction of sp³-hybridized carbons (Fsp3) is 0.429. The molecule has 0 heterocycles. The third-order valence-corrected chi connectivity index (χ3v) is 3.08. The summed E-state index contributed by atoms with van der Waals surface area (Å²) in [5.41, 5.74) is 1.51. The van der Waals surface area contributed by atoms with Gasteiger partial charge < -0.3 is 4.90 Å². The number of aryl methyl sites for hydroxylation is 1. The fourth-order valence-electron chi connectivity index (χ4n) is 1.75. The Morgan fingerprint density at radius 3 is 2.67 bits per heavy atom. The molecule has 0 bridgehead atoms. The van der Waals surface area contributed by atoms with Crippen LogP contribution in [-0.2, 0) is 0 Å². The summed E-state index contributed by atoms with van der Waals surface area (Å²) in [6, 6.07) is 4.98. The van der Waals surface area contributed by atoms with Crippen LogP contribution in [0.3, 0.4) is 0 Å². The van der Waals surface area contributed by atoms with E-state index in [1.54, 1.807) is 20.0 Å². The SMILES string of the molecule is CC(=O)c1cc(F)c(C)cc1N(C)C(C)CC#N. The number of carbonyl (C=O) groups is 1. The zero-order valence-electron chi connectivity index (χ0n) is 11.1. The fourth-order valence-corrected chi connectivity index (χ4v) is 1.75. The molecule has 0 radical (unpaired) electrons. The summed E-state index contributed by atoms with van der Waals surface area (Å²) in [6.45, 7) is 4.97. The van der Waals surface area contributed by atoms with Crippen LogP contribution < -0.4 is 4.90 Å². The number of halogens is 1. The lowest BCUT2D eigenvalue weighted by Crippen LogP contribution is -2.29. The van der Waals surface area contributed by atoms with E-state index in [4.69, 9.17) is 5.26 Å². The highest BCUT2D eigenvalue weighted by Gasteiger charge is 2.17. The van der Waals surface area contributed by atoms with Gasteiger partial charge in [0.15, 0.2) is 5.78 Å². The summed E-state index contributed by atoms with van der Waals surface area (Å²) < 4.78 is 13.5. The number of rotatable bonds is 4. The van der Waals surface area contributed by atoms with E-state index in [0.29, 0.717) is 23.2 Å². The molecule has 0 saturated heterocycles. The highest BCUT2D eigenvalue weighted by molar-refractivity contribution is 5.99. The summed E-state index contributed by atoms with van der Waals surface area (Å²) in [5, 5.41) is 8.71. The van der Waals surface area contributed by atoms with Gasteiger partial charge in [-0.25, -0.2) is 4.39 Å². The summed E-state index contributed by atoms with van der Waals surface area (Å²) in [6.07, 6.45) is 0.351. The van der Waals surface area contributed by atoms with Crippen LogP contribution in [0.2, 0.25) is 0 Å². The van der Waals surface area contributed by atoms with Crippen LogP contribution in [0.1, 0.15) is 36.2 Å². The van der Waals surface area contributed by atoms with E-state index in [2.05, 4.69) is 6.07 Å². The van der Waals surface area contributed by atoms with Crippen LogP contribution in [0, 0.1) is 24.1 Å². The van der Waals surface area contributed by atoms with Gasteiger partial charge in [0.1, 0.15) is 5.82 Å². The molecule has 1 atom stereocenters. The molecule has 0 aliphatic rings. The lowest BCUT2D eigenvalue weighted by Gasteiger charge is -2.27. The van der Waals surface area contributed by atoms with Crippen molar-refractivity contribution in [1.29, 1.82) is 5.26 Å². The molecule has 0 N–H and O–H groups in total. The standard InChI is InChI=1S/C14H17FN2O/c1-9-7-14(17(4)10(2)5-6-16)12(11(3)18)8-13(9)15/h7-8,10H,5H2,1-4H3. The number of carbonyl (C=O) groups excluding carboxylic acids is 1. The van der Waals surface area contributed by atoms with Gasteiger partial charge in [-0.05, 0) is 38.5 Å². The molecule has 4 heteroatoms. The highest BCUT2D eigenvalue weighted by atomic mass is 19.1. The molecule has 0 spiro atoms. The van der Waals surface area contributed by atoms with Crippen LogP contribution in [0.5, 0.6) is 0 Å². The molecule has 0 amide bonds. The zero-order chi connectivity index (χ0) is 13.9. The molecule has 0 fully saturated rings. The minimum atomic E-state index is -0.384. The number of nitriles is 1. The first-order valence-corrected chi connectivity index (χ1v) is 5.79. The van der Waals surface area contributed by atoms with Crippen molar-refractivity contribution in [3.05, 3.63) is 29.1 Å². The van der Waals surface area contributed by atoms with E-state index in [1.807, 2.05) is 11.8 Å². The average molecular weight is 248 g/mol. The quantitative estimate of drug-likeness (QED) is 0.769. The first-order valence-electron chi connectivity index (χ1n) is 5.79. The largest absolute Gasteiger partial charge is 0.370 e. The molecular formula is C14H17FN2O. The predicted octanol–water partition coefficient (Wildman–Crippen LogP) is 3.08. The minimum Gasteiger partial charge on any atom is -0.370 e. The Balaban J connectivity index is 3.26. The Kier molecular flexibility index (Phi) is 4.43. The van der Waals surface area contributed by atoms with Crippen LogP contribution in [0.25, 0.3) is 0 Å². The zero-order valence-corrected chi connectivity index (χ0v) is 11.1. The third kappa shape index (κ3) is 2.86. The van der Waals surface area contributed by atoms with Crippen molar-refractivity contribution in [2.75, 3.05) is 11.9 Å². The van der Waals surface area contributed by atoms with Crippen LogP contribution in [0.4, 0.5) is 10.1 Å². The molecule has 1 aromatic carbocycles. The lowest BCUT2D eigenvalue weighted by atomic mass is 10.0. The van der Waals surface area contributed by atoms with Crippen molar-refractivity contribution >= 4 is 11.5 Å². The third-order valence-electron chi connectivity index (χ3n) is 3.08. The number of hydrogen-bond donors (Lipinski definition) is 0. The minimum absolute atomic E-state index is 0.0297. The van der Waals surface area contributed by atoms with Gasteiger partial charge in [0.25, 0.3) is 0 Å². The number of benzene rings is 1. The summed E-state index contributed by atoms with van der Waals surface area (Å²) in [7, 11) is 1.81. The van der Waals surface area contributed by atoms with Crippen molar-refractivity contribution in [3.8, 4) is 6.07 Å². The lowest BCUT2D eigenvalue weighted by molar-refractivity contribution is 0.101. The van der Waals surface area contributed by atoms with E-state index in [-0.39, 0.29) is 17.6 Å². The molecule has 3 nitrogen and oxygen atoms in total. The first kappa shape index (κ1) is 14.2. The Morgan fingerprint density at radius 1 is 1.56 bits per heavy atom. The summed E-state index contributed by atoms with van der Waals surface area (Å²) in [4.78, 5) is 13.4. The van der Waals surface area contributed by atoms with E-state index in [1.165, 1.54) is 13.0 Å². The molecule has 18 heavy (non-hydrogen) atoms. The molecule has 0 aliphatic carbocycles. The molecule has 0 aromatic heterocycles. The molecular weight excluding hydrogens is 231 g/mol. The van der Waals surface area contributed by atoms with E-state index in [9.17, 15) is 9.18 Å². The number of hydrogen-bond acceptors (Lipinski definition) is 3. The Hall–Kier alpha value is -1.89. The van der Waals surface area contributed by atoms with Crippen molar-refractivity contribution in [3.63, 3.8) is 0 Å². The molecule has 96 valence electrons. The van der Waals surface area contributed by atoms with Crippen LogP contribution in [0.15, 0.2) is 12.1 Å². The van der Waals surface area contributed by atoms with Gasteiger partial charge in [-0.1, -0.05) is 0 Å². The summed E-state index contributed by atoms with van der Waals surface area (Å²) in [5.74, 6) is -0.565. The topological polar surface area (TPSA) is 44.1 Å².